The van der Waals surface area contributed by atoms with Crippen LogP contribution in [0.4, 0.5) is 5.13 Å². The van der Waals surface area contributed by atoms with Crippen LogP contribution in [-0.2, 0) is 0 Å². The highest BCUT2D eigenvalue weighted by molar-refractivity contribution is 7.16. The summed E-state index contributed by atoms with van der Waals surface area (Å²) in [4.78, 5) is 0. The van der Waals surface area contributed by atoms with Crippen molar-refractivity contribution < 1.29 is 4.74 Å². The quantitative estimate of drug-likeness (QED) is 0.747. The third-order valence-electron chi connectivity index (χ3n) is 1.05. The van der Waals surface area contributed by atoms with Gasteiger partial charge in [0.1, 0.15) is 0 Å². The van der Waals surface area contributed by atoms with E-state index in [9.17, 15) is 0 Å². The Morgan fingerprint density at radius 2 is 2.36 bits per heavy atom. The van der Waals surface area contributed by atoms with Crippen molar-refractivity contribution in [2.75, 3.05) is 19.0 Å². The number of nitrogens with one attached hydrogen (secondary N) is 1. The zero-order valence-corrected chi connectivity index (χ0v) is 7.44. The zero-order chi connectivity index (χ0) is 8.10. The van der Waals surface area contributed by atoms with E-state index in [0.717, 1.165) is 11.6 Å². The Bertz CT molecular complexity index is 213. The van der Waals surface area contributed by atoms with Crippen molar-refractivity contribution in [1.29, 1.82) is 0 Å². The summed E-state index contributed by atoms with van der Waals surface area (Å²) >= 11 is 1.42. The van der Waals surface area contributed by atoms with E-state index in [-0.39, 0.29) is 0 Å². The molecule has 1 aromatic rings. The largest absolute Gasteiger partial charge is 0.469 e. The van der Waals surface area contributed by atoms with E-state index in [0.29, 0.717) is 11.8 Å². The number of ether oxygens (including phenoxy) is 1. The molecule has 62 valence electrons. The van der Waals surface area contributed by atoms with Gasteiger partial charge in [-0.25, -0.2) is 0 Å². The van der Waals surface area contributed by atoms with Crippen molar-refractivity contribution in [3.8, 4) is 5.19 Å². The molecule has 0 aliphatic heterocycles. The maximum atomic E-state index is 5.24. The first-order valence-corrected chi connectivity index (χ1v) is 4.32. The minimum Gasteiger partial charge on any atom is -0.469 e. The van der Waals surface area contributed by atoms with Crippen LogP contribution in [0.3, 0.4) is 0 Å². The molecule has 0 radical (unpaired) electrons. The minimum absolute atomic E-state index is 0.635. The fourth-order valence-electron chi connectivity index (χ4n) is 0.558. The zero-order valence-electron chi connectivity index (χ0n) is 6.63. The number of rotatable bonds is 4. The monoisotopic (exact) mass is 173 g/mol. The Kier molecular flexibility index (Phi) is 3.10. The van der Waals surface area contributed by atoms with Gasteiger partial charge in [-0.15, -0.1) is 5.10 Å². The first kappa shape index (κ1) is 8.26. The summed E-state index contributed by atoms with van der Waals surface area (Å²) in [5, 5.41) is 11.9. The van der Waals surface area contributed by atoms with Crippen LogP contribution in [0.5, 0.6) is 5.19 Å². The smallest absolute Gasteiger partial charge is 0.295 e. The standard InChI is InChI=1S/C6H11N3OS/c1-3-4-10-6-9-8-5(7-2)11-6/h3-4H2,1-2H3,(H,7,8). The van der Waals surface area contributed by atoms with E-state index < -0.39 is 0 Å². The highest BCUT2D eigenvalue weighted by Crippen LogP contribution is 2.21. The van der Waals surface area contributed by atoms with Gasteiger partial charge in [0, 0.05) is 7.05 Å². The van der Waals surface area contributed by atoms with Crippen LogP contribution in [0.1, 0.15) is 13.3 Å². The molecule has 5 heteroatoms. The molecule has 0 amide bonds. The lowest BCUT2D eigenvalue weighted by atomic mass is 10.5. The first-order valence-electron chi connectivity index (χ1n) is 3.51. The average Bonchev–Trinajstić information content (AvgIpc) is 2.48. The summed E-state index contributed by atoms with van der Waals surface area (Å²) in [6.07, 6.45) is 0.995. The highest BCUT2D eigenvalue weighted by Gasteiger charge is 2.00. The predicted molar refractivity (Wildman–Crippen MR) is 45.2 cm³/mol. The molecule has 0 aliphatic carbocycles. The van der Waals surface area contributed by atoms with E-state index in [1.807, 2.05) is 7.05 Å². The molecule has 0 unspecified atom stereocenters. The second-order valence-electron chi connectivity index (χ2n) is 1.97. The van der Waals surface area contributed by atoms with Gasteiger partial charge in [0.25, 0.3) is 5.19 Å². The van der Waals surface area contributed by atoms with Crippen LogP contribution in [0, 0.1) is 0 Å². The van der Waals surface area contributed by atoms with Gasteiger partial charge in [0.15, 0.2) is 0 Å². The molecule has 11 heavy (non-hydrogen) atoms. The van der Waals surface area contributed by atoms with Crippen molar-refractivity contribution in [1.82, 2.24) is 10.2 Å². The van der Waals surface area contributed by atoms with Crippen LogP contribution in [0.2, 0.25) is 0 Å². The van der Waals surface area contributed by atoms with Crippen LogP contribution in [-0.4, -0.2) is 23.9 Å². The molecule has 1 aromatic heterocycles. The molecule has 0 spiro atoms. The third-order valence-corrected chi connectivity index (χ3v) is 1.90. The second kappa shape index (κ2) is 4.12. The van der Waals surface area contributed by atoms with Crippen molar-refractivity contribution in [2.24, 2.45) is 0 Å². The second-order valence-corrected chi connectivity index (χ2v) is 2.91. The summed E-state index contributed by atoms with van der Waals surface area (Å²) in [6, 6.07) is 0. The molecular formula is C6H11N3OS. The van der Waals surface area contributed by atoms with Crippen LogP contribution >= 0.6 is 11.3 Å². The SMILES string of the molecule is CCCOc1nnc(NC)s1. The number of aromatic nitrogens is 2. The molecule has 4 nitrogen and oxygen atoms in total. The van der Waals surface area contributed by atoms with Crippen molar-refractivity contribution >= 4 is 16.5 Å². The van der Waals surface area contributed by atoms with E-state index in [4.69, 9.17) is 4.74 Å². The van der Waals surface area contributed by atoms with Crippen LogP contribution < -0.4 is 10.1 Å². The maximum absolute atomic E-state index is 5.24. The Hall–Kier alpha value is -0.840. The van der Waals surface area contributed by atoms with Gasteiger partial charge < -0.3 is 10.1 Å². The summed E-state index contributed by atoms with van der Waals surface area (Å²) in [5.74, 6) is 0. The van der Waals surface area contributed by atoms with Crippen molar-refractivity contribution in [3.05, 3.63) is 0 Å². The topological polar surface area (TPSA) is 47.0 Å². The maximum Gasteiger partial charge on any atom is 0.295 e. The van der Waals surface area contributed by atoms with Gasteiger partial charge in [-0.05, 0) is 17.8 Å². The fraction of sp³-hybridized carbons (Fsp3) is 0.667. The molecule has 1 heterocycles. The molecule has 1 rings (SSSR count). The Labute approximate surface area is 69.6 Å². The van der Waals surface area contributed by atoms with E-state index in [1.165, 1.54) is 11.3 Å². The average molecular weight is 173 g/mol. The van der Waals surface area contributed by atoms with Crippen LogP contribution in [0.25, 0.3) is 0 Å². The third kappa shape index (κ3) is 2.34. The number of nitrogens with zero attached hydrogens (tertiary/aromatic N) is 2. The van der Waals surface area contributed by atoms with Crippen molar-refractivity contribution in [3.63, 3.8) is 0 Å². The molecule has 1 N–H and O–H groups in total. The fourth-order valence-corrected chi connectivity index (χ4v) is 1.13. The summed E-state index contributed by atoms with van der Waals surface area (Å²) in [5.41, 5.74) is 0. The predicted octanol–water partition coefficient (Wildman–Crippen LogP) is 1.37. The number of anilines is 1. The molecule has 0 atom stereocenters. The molecule has 0 saturated heterocycles. The summed E-state index contributed by atoms with van der Waals surface area (Å²) in [7, 11) is 1.81. The van der Waals surface area contributed by atoms with E-state index >= 15 is 0 Å². The van der Waals surface area contributed by atoms with Gasteiger partial charge in [-0.3, -0.25) is 0 Å². The molecule has 0 bridgehead atoms. The first-order chi connectivity index (χ1) is 5.36. The Balaban J connectivity index is 2.44. The van der Waals surface area contributed by atoms with E-state index in [2.05, 4.69) is 22.4 Å². The van der Waals surface area contributed by atoms with E-state index in [1.54, 1.807) is 0 Å². The Morgan fingerprint density at radius 3 is 2.91 bits per heavy atom. The number of hydrogen-bond donors (Lipinski definition) is 1. The highest BCUT2D eigenvalue weighted by atomic mass is 32.1. The normalized spacial score (nSPS) is 9.64. The van der Waals surface area contributed by atoms with Gasteiger partial charge in [0.2, 0.25) is 5.13 Å². The summed E-state index contributed by atoms with van der Waals surface area (Å²) in [6.45, 7) is 2.76. The molecule has 0 fully saturated rings. The molecule has 0 saturated carbocycles. The lowest BCUT2D eigenvalue weighted by molar-refractivity contribution is 0.313. The van der Waals surface area contributed by atoms with Gasteiger partial charge >= 0.3 is 0 Å². The summed E-state index contributed by atoms with van der Waals surface area (Å²) < 4.78 is 5.24. The lowest BCUT2D eigenvalue weighted by Crippen LogP contribution is -1.93. The number of hydrogen-bond acceptors (Lipinski definition) is 5. The minimum atomic E-state index is 0.635. The van der Waals surface area contributed by atoms with Crippen molar-refractivity contribution in [2.45, 2.75) is 13.3 Å². The Morgan fingerprint density at radius 1 is 1.55 bits per heavy atom. The molecule has 0 aromatic carbocycles. The molecular weight excluding hydrogens is 162 g/mol. The van der Waals surface area contributed by atoms with Gasteiger partial charge in [-0.2, -0.15) is 0 Å². The van der Waals surface area contributed by atoms with Gasteiger partial charge in [0.05, 0.1) is 6.61 Å². The van der Waals surface area contributed by atoms with Crippen LogP contribution in [0.15, 0.2) is 0 Å². The van der Waals surface area contributed by atoms with Gasteiger partial charge in [-0.1, -0.05) is 12.0 Å². The lowest BCUT2D eigenvalue weighted by Gasteiger charge is -1.95. The molecule has 0 aliphatic rings.